The Morgan fingerprint density at radius 1 is 0.867 bits per heavy atom. The highest BCUT2D eigenvalue weighted by Gasteiger charge is 2.27. The molecule has 3 N–H and O–H groups in total. The second-order valence-corrected chi connectivity index (χ2v) is 7.05. The maximum atomic E-state index is 13.6. The topological polar surface area (TPSA) is 67.7 Å². The molecule has 0 saturated carbocycles. The van der Waals surface area contributed by atoms with Crippen LogP contribution < -0.4 is 5.73 Å². The van der Waals surface area contributed by atoms with Gasteiger partial charge in [0.25, 0.3) is 0 Å². The number of rotatable bonds is 4. The molecule has 0 spiro atoms. The average Bonchev–Trinajstić information content (AvgIpc) is 3.09. The van der Waals surface area contributed by atoms with Crippen LogP contribution in [0.2, 0.25) is 0 Å². The van der Waals surface area contributed by atoms with Crippen LogP contribution in [0.4, 0.5) is 8.78 Å². The molecule has 0 aliphatic carbocycles. The van der Waals surface area contributed by atoms with Gasteiger partial charge in [0.2, 0.25) is 5.96 Å². The number of nitrogens with one attached hydrogen (secondary N) is 1. The lowest BCUT2D eigenvalue weighted by molar-refractivity contribution is 0.626. The van der Waals surface area contributed by atoms with E-state index in [0.29, 0.717) is 11.4 Å². The van der Waals surface area contributed by atoms with Crippen LogP contribution >= 0.6 is 0 Å². The lowest BCUT2D eigenvalue weighted by Crippen LogP contribution is -2.23. The number of hydrogen-bond donors (Lipinski definition) is 2. The van der Waals surface area contributed by atoms with Gasteiger partial charge in [-0.2, -0.15) is 5.10 Å². The summed E-state index contributed by atoms with van der Waals surface area (Å²) in [4.78, 5) is 0. The van der Waals surface area contributed by atoms with Crippen LogP contribution in [-0.4, -0.2) is 15.7 Å². The van der Waals surface area contributed by atoms with E-state index in [1.807, 2.05) is 37.3 Å². The van der Waals surface area contributed by atoms with Crippen molar-refractivity contribution in [1.29, 1.82) is 5.41 Å². The molecule has 150 valence electrons. The number of benzene rings is 3. The molecule has 0 unspecified atom stereocenters. The van der Waals surface area contributed by atoms with Crippen molar-refractivity contribution in [2.45, 2.75) is 12.8 Å². The molecular formula is C24H20F2N4. The van der Waals surface area contributed by atoms with Crippen LogP contribution in [0.5, 0.6) is 0 Å². The summed E-state index contributed by atoms with van der Waals surface area (Å²) in [6.45, 7) is 1.84. The number of hydrogen-bond acceptors (Lipinski definition) is 2. The summed E-state index contributed by atoms with van der Waals surface area (Å²) in [7, 11) is 0. The fourth-order valence-corrected chi connectivity index (χ4v) is 3.74. The Morgan fingerprint density at radius 2 is 1.37 bits per heavy atom. The number of aromatic nitrogens is 2. The monoisotopic (exact) mass is 402 g/mol. The van der Waals surface area contributed by atoms with E-state index in [0.717, 1.165) is 22.3 Å². The molecule has 0 saturated heterocycles. The van der Waals surface area contributed by atoms with Gasteiger partial charge in [0.1, 0.15) is 11.6 Å². The van der Waals surface area contributed by atoms with E-state index in [9.17, 15) is 8.78 Å². The van der Waals surface area contributed by atoms with Gasteiger partial charge in [-0.15, -0.1) is 0 Å². The minimum Gasteiger partial charge on any atom is -0.368 e. The largest absolute Gasteiger partial charge is 0.368 e. The summed E-state index contributed by atoms with van der Waals surface area (Å²) in [5.41, 5.74) is 10.5. The van der Waals surface area contributed by atoms with E-state index >= 15 is 0 Å². The first-order valence-corrected chi connectivity index (χ1v) is 9.46. The number of nitrogen functional groups attached to an aromatic ring is 1. The first kappa shape index (κ1) is 19.5. The predicted molar refractivity (Wildman–Crippen MR) is 113 cm³/mol. The quantitative estimate of drug-likeness (QED) is 0.370. The first-order valence-electron chi connectivity index (χ1n) is 9.46. The molecule has 0 amide bonds. The van der Waals surface area contributed by atoms with Crippen LogP contribution in [0.15, 0.2) is 78.9 Å². The molecule has 0 bridgehead atoms. The van der Waals surface area contributed by atoms with Crippen molar-refractivity contribution in [2.75, 3.05) is 0 Å². The second kappa shape index (κ2) is 7.91. The number of halogens is 2. The van der Waals surface area contributed by atoms with Crippen LogP contribution in [0.1, 0.15) is 28.3 Å². The Hall–Kier alpha value is -3.80. The Bertz CT molecular complexity index is 1140. The first-order chi connectivity index (χ1) is 14.5. The van der Waals surface area contributed by atoms with Gasteiger partial charge < -0.3 is 5.73 Å². The normalized spacial score (nSPS) is 11.1. The third kappa shape index (κ3) is 3.59. The van der Waals surface area contributed by atoms with Crippen LogP contribution in [0.3, 0.4) is 0 Å². The Balaban J connectivity index is 2.02. The molecule has 0 radical (unpaired) electrons. The highest BCUT2D eigenvalue weighted by molar-refractivity contribution is 5.80. The van der Waals surface area contributed by atoms with E-state index < -0.39 is 0 Å². The van der Waals surface area contributed by atoms with Crippen molar-refractivity contribution in [1.82, 2.24) is 9.78 Å². The SMILES string of the molecule is Cc1c(C(c2ccc(F)cc2)c2ccc(F)cc2)c(-c2ccccc2)nn1C(=N)N. The Morgan fingerprint density at radius 3 is 1.83 bits per heavy atom. The van der Waals surface area contributed by atoms with Gasteiger partial charge in [-0.3, -0.25) is 5.41 Å². The van der Waals surface area contributed by atoms with E-state index in [1.54, 1.807) is 24.3 Å². The number of nitrogens with two attached hydrogens (primary N) is 1. The molecule has 0 aliphatic heterocycles. The lowest BCUT2D eigenvalue weighted by atomic mass is 9.83. The maximum Gasteiger partial charge on any atom is 0.213 e. The van der Waals surface area contributed by atoms with Gasteiger partial charge in [0.15, 0.2) is 0 Å². The molecule has 0 aliphatic rings. The highest BCUT2D eigenvalue weighted by Crippen LogP contribution is 2.39. The third-order valence-corrected chi connectivity index (χ3v) is 5.13. The second-order valence-electron chi connectivity index (χ2n) is 7.05. The molecule has 1 heterocycles. The summed E-state index contributed by atoms with van der Waals surface area (Å²) >= 11 is 0. The van der Waals surface area contributed by atoms with Gasteiger partial charge in [-0.1, -0.05) is 54.6 Å². The molecule has 4 aromatic rings. The maximum absolute atomic E-state index is 13.6. The highest BCUT2D eigenvalue weighted by atomic mass is 19.1. The molecular weight excluding hydrogens is 382 g/mol. The standard InChI is InChI=1S/C24H20F2N4/c1-15-21(23(29-30(15)24(27)28)18-5-3-2-4-6-18)22(16-7-11-19(25)12-8-16)17-9-13-20(26)14-10-17/h2-14,22H,1H3,(H3,27,28). The molecule has 4 rings (SSSR count). The molecule has 6 heteroatoms. The zero-order valence-corrected chi connectivity index (χ0v) is 16.3. The van der Waals surface area contributed by atoms with Crippen molar-refractivity contribution in [3.63, 3.8) is 0 Å². The number of nitrogens with zero attached hydrogens (tertiary/aromatic N) is 2. The fraction of sp³-hybridized carbons (Fsp3) is 0.0833. The summed E-state index contributed by atoms with van der Waals surface area (Å²) in [6.07, 6.45) is 0. The van der Waals surface area contributed by atoms with Crippen molar-refractivity contribution in [3.8, 4) is 11.3 Å². The Labute approximate surface area is 173 Å². The molecule has 1 aromatic heterocycles. The van der Waals surface area contributed by atoms with Gasteiger partial charge in [0, 0.05) is 22.7 Å². The van der Waals surface area contributed by atoms with E-state index in [-0.39, 0.29) is 23.5 Å². The smallest absolute Gasteiger partial charge is 0.213 e. The molecule has 4 nitrogen and oxygen atoms in total. The van der Waals surface area contributed by atoms with Gasteiger partial charge >= 0.3 is 0 Å². The van der Waals surface area contributed by atoms with E-state index in [4.69, 9.17) is 11.1 Å². The van der Waals surface area contributed by atoms with Crippen LogP contribution in [-0.2, 0) is 0 Å². The predicted octanol–water partition coefficient (Wildman–Crippen LogP) is 5.06. The van der Waals surface area contributed by atoms with Crippen LogP contribution in [0.25, 0.3) is 11.3 Å². The van der Waals surface area contributed by atoms with Crippen molar-refractivity contribution < 1.29 is 8.78 Å². The molecule has 3 aromatic carbocycles. The summed E-state index contributed by atoms with van der Waals surface area (Å²) in [5.74, 6) is -1.23. The third-order valence-electron chi connectivity index (χ3n) is 5.13. The van der Waals surface area contributed by atoms with Gasteiger partial charge in [-0.25, -0.2) is 13.5 Å². The molecule has 0 fully saturated rings. The minimum atomic E-state index is -0.352. The average molecular weight is 402 g/mol. The Kier molecular flexibility index (Phi) is 5.14. The summed E-state index contributed by atoms with van der Waals surface area (Å²) < 4.78 is 28.6. The van der Waals surface area contributed by atoms with E-state index in [1.165, 1.54) is 28.9 Å². The van der Waals surface area contributed by atoms with Crippen molar-refractivity contribution in [3.05, 3.63) is 113 Å². The zero-order valence-electron chi connectivity index (χ0n) is 16.3. The summed E-state index contributed by atoms with van der Waals surface area (Å²) in [5, 5.41) is 12.5. The van der Waals surface area contributed by atoms with E-state index in [2.05, 4.69) is 5.10 Å². The zero-order chi connectivity index (χ0) is 21.3. The molecule has 0 atom stereocenters. The van der Waals surface area contributed by atoms with Gasteiger partial charge in [0.05, 0.1) is 5.69 Å². The van der Waals surface area contributed by atoms with Crippen LogP contribution in [0, 0.1) is 24.0 Å². The minimum absolute atomic E-state index is 0.201. The molecule has 30 heavy (non-hydrogen) atoms. The lowest BCUT2D eigenvalue weighted by Gasteiger charge is -2.20. The van der Waals surface area contributed by atoms with Gasteiger partial charge in [-0.05, 0) is 42.3 Å². The van der Waals surface area contributed by atoms with Crippen molar-refractivity contribution >= 4 is 5.96 Å². The fourth-order valence-electron chi connectivity index (χ4n) is 3.74. The summed E-state index contributed by atoms with van der Waals surface area (Å²) in [6, 6.07) is 22.0. The van der Waals surface area contributed by atoms with Crippen molar-refractivity contribution in [2.24, 2.45) is 5.73 Å².